The molecule has 9 aliphatic heterocycles. The molecule has 0 spiro atoms. The molecule has 9 aliphatic rings. The molecule has 0 saturated carbocycles. The third kappa shape index (κ3) is 21.2. The standard InChI is InChI=1S/C65H108N4O49/c1-15(78)66-29-19(82)5-65(64(100)101,117-52(29)33(84)20(83)6-70)118-55-36(87)23(9-73)106-63(47(55)98)113-50-27(13-77)109-59(32(40(50)91)69-18(4)81)116-54-37(88)28(14-102-57-30(67-16(2)79)38(89)48(25(11-75)107-57)111-60-44(95)41(92)34(85)21(7-71)104-60)110-62(46(54)97)112-49-26(12-76)108-58(31(39(49)90)68-17(3)80)115-53-35(86)22(8-72)105-61(45(53)96)114-51-24(10-74)103-56(99)43(94)42(51)93/h19-63,70-77,82-99H,5-14H2,1-4H3,(H,66,78)(H,67,79)(H,68,80)(H,69,81)(H,100,101)/t19-,20+,21+,22+,23+,24+,25+,26+,27+,28+,29+,30+,31+,32+,33+,34-,35-,36-,37-,38+,39+,40+,41-,42+,43+,44+,45+,46+,47+,48+,49+,50+,51+,52+,53-,54-,55-,56+,57+,58-,59-,60-,61-,62-,63-,65-/m0/s1. The van der Waals surface area contributed by atoms with Gasteiger partial charge >= 0.3 is 5.97 Å². The van der Waals surface area contributed by atoms with Crippen LogP contribution >= 0.6 is 0 Å². The van der Waals surface area contributed by atoms with E-state index in [-0.39, 0.29) is 0 Å². The molecule has 53 heteroatoms. The van der Waals surface area contributed by atoms with E-state index in [1.165, 1.54) is 0 Å². The summed E-state index contributed by atoms with van der Waals surface area (Å²) in [6, 6.07) is -7.76. The predicted molar refractivity (Wildman–Crippen MR) is 361 cm³/mol. The second-order valence-corrected chi connectivity index (χ2v) is 29.6. The molecule has 31 N–H and O–H groups in total. The van der Waals surface area contributed by atoms with Crippen molar-refractivity contribution < 1.29 is 242 Å². The minimum absolute atomic E-state index is 0.868. The second kappa shape index (κ2) is 42.1. The fourth-order valence-corrected chi connectivity index (χ4v) is 15.2. The minimum atomic E-state index is -3.31. The molecule has 9 heterocycles. The molecule has 9 fully saturated rings. The average molecular weight is 1730 g/mol. The van der Waals surface area contributed by atoms with E-state index in [9.17, 15) is 162 Å². The quantitative estimate of drug-likeness (QED) is 0.0297. The Balaban J connectivity index is 1.02. The lowest BCUT2D eigenvalue weighted by Crippen LogP contribution is -2.71. The Kier molecular flexibility index (Phi) is 34.7. The molecule has 118 heavy (non-hydrogen) atoms. The number of carboxylic acid groups (broad SMARTS) is 1. The molecule has 0 aliphatic carbocycles. The predicted octanol–water partition coefficient (Wildman–Crippen LogP) is -20.8. The first kappa shape index (κ1) is 97.4. The maximum atomic E-state index is 13.3. The summed E-state index contributed by atoms with van der Waals surface area (Å²) in [4.78, 5) is 64.7. The zero-order valence-electron chi connectivity index (χ0n) is 63.1. The number of aliphatic hydroxyl groups excluding tert-OH is 26. The Hall–Kier alpha value is -4.37. The van der Waals surface area contributed by atoms with Crippen molar-refractivity contribution >= 4 is 29.6 Å². The molecule has 46 atom stereocenters. The molecule has 53 nitrogen and oxygen atoms in total. The first-order valence-corrected chi connectivity index (χ1v) is 37.3. The van der Waals surface area contributed by atoms with Crippen LogP contribution < -0.4 is 21.3 Å². The topological polar surface area (TPSA) is 837 Å². The van der Waals surface area contributed by atoms with Crippen LogP contribution in [0.2, 0.25) is 0 Å². The monoisotopic (exact) mass is 1730 g/mol. The van der Waals surface area contributed by atoms with Gasteiger partial charge in [-0.3, -0.25) is 19.2 Å². The van der Waals surface area contributed by atoms with Crippen LogP contribution in [0.25, 0.3) is 0 Å². The Labute approximate surface area is 666 Å². The number of aliphatic hydroxyl groups is 26. The lowest BCUT2D eigenvalue weighted by molar-refractivity contribution is -0.393. The Morgan fingerprint density at radius 2 is 0.669 bits per heavy atom. The molecule has 0 aromatic rings. The number of carbonyl (C=O) groups excluding carboxylic acids is 4. The second-order valence-electron chi connectivity index (χ2n) is 29.6. The summed E-state index contributed by atoms with van der Waals surface area (Å²) in [6.45, 7) is -6.62. The van der Waals surface area contributed by atoms with Crippen LogP contribution in [0.15, 0.2) is 0 Å². The number of ether oxygens (including phenoxy) is 17. The molecule has 0 aromatic heterocycles. The van der Waals surface area contributed by atoms with Gasteiger partial charge in [-0.15, -0.1) is 0 Å². The number of amides is 4. The molecular weight excluding hydrogens is 1620 g/mol. The molecular formula is C65H108N4O49. The highest BCUT2D eigenvalue weighted by Crippen LogP contribution is 2.42. The lowest BCUT2D eigenvalue weighted by atomic mass is 9.88. The van der Waals surface area contributed by atoms with Gasteiger partial charge in [-0.25, -0.2) is 4.79 Å². The van der Waals surface area contributed by atoms with Crippen molar-refractivity contribution in [3.8, 4) is 0 Å². The zero-order valence-corrected chi connectivity index (χ0v) is 63.1. The maximum absolute atomic E-state index is 13.3. The van der Waals surface area contributed by atoms with Gasteiger partial charge in [-0.1, -0.05) is 0 Å². The van der Waals surface area contributed by atoms with Crippen molar-refractivity contribution in [1.82, 2.24) is 21.3 Å². The van der Waals surface area contributed by atoms with Gasteiger partial charge in [0.05, 0.1) is 71.6 Å². The number of aliphatic carboxylic acids is 1. The van der Waals surface area contributed by atoms with Gasteiger partial charge in [-0.2, -0.15) is 0 Å². The first-order valence-electron chi connectivity index (χ1n) is 37.3. The van der Waals surface area contributed by atoms with Gasteiger partial charge in [0.1, 0.15) is 213 Å². The summed E-state index contributed by atoms with van der Waals surface area (Å²) in [5.41, 5.74) is 0. The van der Waals surface area contributed by atoms with Crippen LogP contribution in [0.3, 0.4) is 0 Å². The van der Waals surface area contributed by atoms with Gasteiger partial charge in [0.2, 0.25) is 23.6 Å². The van der Waals surface area contributed by atoms with E-state index in [2.05, 4.69) is 21.3 Å². The summed E-state index contributed by atoms with van der Waals surface area (Å²) in [5, 5.41) is 308. The Morgan fingerprint density at radius 1 is 0.347 bits per heavy atom. The molecule has 9 saturated heterocycles. The zero-order chi connectivity index (χ0) is 87.3. The number of nitrogens with one attached hydrogen (secondary N) is 4. The van der Waals surface area contributed by atoms with Gasteiger partial charge in [0.25, 0.3) is 5.79 Å². The maximum Gasteiger partial charge on any atom is 0.364 e. The minimum Gasteiger partial charge on any atom is -0.477 e. The van der Waals surface area contributed by atoms with E-state index in [0.717, 1.165) is 27.7 Å². The highest BCUT2D eigenvalue weighted by atomic mass is 16.8. The molecule has 0 aromatic carbocycles. The summed E-state index contributed by atoms with van der Waals surface area (Å²) < 4.78 is 99.3. The molecule has 9 rings (SSSR count). The molecule has 0 bridgehead atoms. The van der Waals surface area contributed by atoms with Crippen LogP contribution in [0.4, 0.5) is 0 Å². The van der Waals surface area contributed by atoms with Crippen molar-refractivity contribution in [2.75, 3.05) is 59.5 Å². The van der Waals surface area contributed by atoms with Crippen molar-refractivity contribution in [3.63, 3.8) is 0 Å². The Morgan fingerprint density at radius 3 is 1.07 bits per heavy atom. The van der Waals surface area contributed by atoms with Crippen LogP contribution in [0.5, 0.6) is 0 Å². The first-order chi connectivity index (χ1) is 55.7. The van der Waals surface area contributed by atoms with Gasteiger partial charge < -0.3 is 240 Å². The van der Waals surface area contributed by atoms with Crippen LogP contribution in [0.1, 0.15) is 34.1 Å². The summed E-state index contributed by atoms with van der Waals surface area (Å²) in [7, 11) is 0. The lowest BCUT2D eigenvalue weighted by Gasteiger charge is -2.51. The summed E-state index contributed by atoms with van der Waals surface area (Å²) >= 11 is 0. The Bertz CT molecular complexity index is 3210. The number of carboxylic acids is 1. The summed E-state index contributed by atoms with van der Waals surface area (Å²) in [5.74, 6) is -9.34. The van der Waals surface area contributed by atoms with E-state index in [0.29, 0.717) is 0 Å². The SMILES string of the molecule is CC(=O)N[C@H]1[C@H](OC[C@H]2O[C@@H](O[C@H]3[C@H](O)[C@@H](NC(C)=O)[C@H](O[C@H]4[C@@H](O)[C@@H](CO)O[C@@H](O[C@H]5[C@H](O)[C@@H](O)[C@H](O)O[C@@H]5CO)[C@@H]4O)O[C@@H]3CO)[C@H](O)[C@@H](O[C@@H]3O[C@H](CO)[C@@H](O[C@@H]4O[C@H](CO)[C@H](O)[C@H](O[C@]5(C(=O)O)C[C@H](O)[C@@H](NC(C)=O)[C@H]([C@H](O)[C@H](O)CO)O5)[C@H]4O)[C@H](O)[C@H]3NC(C)=O)[C@H]2O)O[C@H](CO)[C@@H](O[C@@H]2O[C@H](CO)[C@H](O)[C@H](O)[C@H]2O)[C@@H]1O. The fraction of sp³-hybridized carbons (Fsp3) is 0.923. The van der Waals surface area contributed by atoms with Gasteiger partial charge in [-0.05, 0) is 0 Å². The normalized spacial score (nSPS) is 47.6. The largest absolute Gasteiger partial charge is 0.477 e. The van der Waals surface area contributed by atoms with Gasteiger partial charge in [0.15, 0.2) is 50.3 Å². The smallest absolute Gasteiger partial charge is 0.364 e. The molecule has 682 valence electrons. The van der Waals surface area contributed by atoms with E-state index < -0.39 is 377 Å². The van der Waals surface area contributed by atoms with Crippen LogP contribution in [0, 0.1) is 0 Å². The van der Waals surface area contributed by atoms with Gasteiger partial charge in [0, 0.05) is 34.1 Å². The van der Waals surface area contributed by atoms with Crippen molar-refractivity contribution in [2.24, 2.45) is 0 Å². The average Bonchev–Trinajstić information content (AvgIpc) is 0.751. The van der Waals surface area contributed by atoms with Crippen LogP contribution in [-0.2, 0) is 104 Å². The number of hydrogen-bond acceptors (Lipinski definition) is 48. The number of rotatable bonds is 32. The fourth-order valence-electron chi connectivity index (χ4n) is 15.2. The van der Waals surface area contributed by atoms with Crippen LogP contribution in [-0.4, -0.2) is 509 Å². The molecule has 0 unspecified atom stereocenters. The van der Waals surface area contributed by atoms with E-state index in [1.807, 2.05) is 0 Å². The molecule has 4 amide bonds. The highest BCUT2D eigenvalue weighted by molar-refractivity contribution is 5.77. The molecule has 0 radical (unpaired) electrons. The van der Waals surface area contributed by atoms with E-state index in [4.69, 9.17) is 80.5 Å². The third-order valence-corrected chi connectivity index (χ3v) is 21.3. The summed E-state index contributed by atoms with van der Waals surface area (Å²) in [6.07, 6.45) is -88.9. The number of hydrogen-bond donors (Lipinski definition) is 31. The van der Waals surface area contributed by atoms with E-state index in [1.54, 1.807) is 0 Å². The van der Waals surface area contributed by atoms with Crippen molar-refractivity contribution in [1.29, 1.82) is 0 Å². The number of carbonyl (C=O) groups is 5. The third-order valence-electron chi connectivity index (χ3n) is 21.3. The highest BCUT2D eigenvalue weighted by Gasteiger charge is 2.63. The van der Waals surface area contributed by atoms with Crippen molar-refractivity contribution in [3.05, 3.63) is 0 Å². The van der Waals surface area contributed by atoms with E-state index >= 15 is 0 Å². The van der Waals surface area contributed by atoms with Crippen molar-refractivity contribution in [2.45, 2.75) is 316 Å².